The molecular weight excluding hydrogens is 587 g/mol. The largest absolute Gasteiger partial charge is 0.462 e. The molecule has 0 spiro atoms. The van der Waals surface area contributed by atoms with E-state index in [4.69, 9.17) is 4.74 Å². The minimum Gasteiger partial charge on any atom is -0.462 e. The molecule has 0 saturated carbocycles. The van der Waals surface area contributed by atoms with Gasteiger partial charge in [-0.25, -0.2) is 4.79 Å². The number of rotatable bonds is 11. The minimum absolute atomic E-state index is 0.160. The van der Waals surface area contributed by atoms with Crippen LogP contribution in [-0.2, 0) is 29.0 Å². The number of benzene rings is 2. The van der Waals surface area contributed by atoms with Crippen LogP contribution in [0.2, 0.25) is 0 Å². The number of hydrogen-bond donors (Lipinski definition) is 2. The summed E-state index contributed by atoms with van der Waals surface area (Å²) in [5.74, 6) is -0.718. The van der Waals surface area contributed by atoms with Crippen molar-refractivity contribution >= 4 is 62.9 Å². The van der Waals surface area contributed by atoms with Gasteiger partial charge in [0.25, 0.3) is 5.91 Å². The zero-order valence-corrected chi connectivity index (χ0v) is 26.0. The standard InChI is InChI=1S/C32H33N3O4S3/c1-3-25(41-23-13-8-12-22(18-23)33-30(37)26-14-9-17-40-26)29(36)34-31-28(32(38)39-4-2)24-15-16-35(20-27(24)42-31)19-21-10-6-5-7-11-21/h5-14,17-18,25H,3-4,15-16,19-20H2,1-2H3,(H,33,37)(H,34,36). The summed E-state index contributed by atoms with van der Waals surface area (Å²) in [5, 5.41) is 8.04. The second-order valence-electron chi connectivity index (χ2n) is 9.84. The summed E-state index contributed by atoms with van der Waals surface area (Å²) in [7, 11) is 0. The van der Waals surface area contributed by atoms with Crippen molar-refractivity contribution in [2.24, 2.45) is 0 Å². The fourth-order valence-electron chi connectivity index (χ4n) is 4.87. The molecule has 1 atom stereocenters. The van der Waals surface area contributed by atoms with Crippen molar-refractivity contribution in [3.8, 4) is 0 Å². The molecule has 0 radical (unpaired) electrons. The first-order chi connectivity index (χ1) is 20.4. The van der Waals surface area contributed by atoms with E-state index in [9.17, 15) is 14.4 Å². The maximum atomic E-state index is 13.6. The maximum Gasteiger partial charge on any atom is 0.341 e. The Hall–Kier alpha value is -3.44. The number of thiophene rings is 2. The highest BCUT2D eigenvalue weighted by molar-refractivity contribution is 8.00. The molecule has 2 aromatic carbocycles. The summed E-state index contributed by atoms with van der Waals surface area (Å²) in [4.78, 5) is 44.1. The Morgan fingerprint density at radius 2 is 1.86 bits per heavy atom. The quantitative estimate of drug-likeness (QED) is 0.135. The number of amides is 2. The van der Waals surface area contributed by atoms with E-state index in [-0.39, 0.29) is 18.4 Å². The van der Waals surface area contributed by atoms with Gasteiger partial charge in [0.05, 0.1) is 22.3 Å². The third kappa shape index (κ3) is 7.30. The van der Waals surface area contributed by atoms with Crippen LogP contribution in [-0.4, -0.2) is 41.1 Å². The van der Waals surface area contributed by atoms with E-state index in [1.165, 1.54) is 40.0 Å². The molecule has 0 fully saturated rings. The van der Waals surface area contributed by atoms with E-state index >= 15 is 0 Å². The van der Waals surface area contributed by atoms with Gasteiger partial charge in [-0.15, -0.1) is 34.4 Å². The first kappa shape index (κ1) is 30.0. The molecule has 0 saturated heterocycles. The van der Waals surface area contributed by atoms with Crippen LogP contribution < -0.4 is 10.6 Å². The molecule has 0 bridgehead atoms. The molecule has 5 rings (SSSR count). The van der Waals surface area contributed by atoms with E-state index < -0.39 is 11.2 Å². The number of nitrogens with zero attached hydrogens (tertiary/aromatic N) is 1. The van der Waals surface area contributed by atoms with Gasteiger partial charge in [-0.05, 0) is 60.5 Å². The molecule has 2 N–H and O–H groups in total. The van der Waals surface area contributed by atoms with E-state index in [2.05, 4.69) is 27.7 Å². The molecule has 0 aliphatic carbocycles. The lowest BCUT2D eigenvalue weighted by atomic mass is 10.0. The lowest BCUT2D eigenvalue weighted by molar-refractivity contribution is -0.115. The predicted molar refractivity (Wildman–Crippen MR) is 172 cm³/mol. The van der Waals surface area contributed by atoms with Crippen LogP contribution >= 0.6 is 34.4 Å². The normalized spacial score (nSPS) is 13.7. The summed E-state index contributed by atoms with van der Waals surface area (Å²) >= 11 is 4.29. The molecule has 4 aromatic rings. The van der Waals surface area contributed by atoms with Crippen LogP contribution in [0, 0.1) is 0 Å². The van der Waals surface area contributed by atoms with Gasteiger partial charge in [-0.1, -0.05) is 49.4 Å². The summed E-state index contributed by atoms with van der Waals surface area (Å²) in [6.45, 7) is 6.39. The second kappa shape index (κ2) is 14.2. The summed E-state index contributed by atoms with van der Waals surface area (Å²) in [6, 6.07) is 21.5. The first-order valence-electron chi connectivity index (χ1n) is 14.0. The zero-order chi connectivity index (χ0) is 29.5. The van der Waals surface area contributed by atoms with E-state index in [1.807, 2.05) is 60.8 Å². The molecule has 1 aliphatic heterocycles. The van der Waals surface area contributed by atoms with Crippen molar-refractivity contribution < 1.29 is 19.1 Å². The lowest BCUT2D eigenvalue weighted by Crippen LogP contribution is -2.30. The molecule has 2 aromatic heterocycles. The van der Waals surface area contributed by atoms with Crippen LogP contribution in [0.5, 0.6) is 0 Å². The molecule has 1 aliphatic rings. The highest BCUT2D eigenvalue weighted by atomic mass is 32.2. The van der Waals surface area contributed by atoms with Gasteiger partial charge >= 0.3 is 5.97 Å². The van der Waals surface area contributed by atoms with Crippen LogP contribution in [0.15, 0.2) is 77.0 Å². The Labute approximate surface area is 258 Å². The van der Waals surface area contributed by atoms with Gasteiger partial charge in [-0.3, -0.25) is 14.5 Å². The molecule has 10 heteroatoms. The van der Waals surface area contributed by atoms with Gasteiger partial charge in [0.2, 0.25) is 5.91 Å². The molecule has 7 nitrogen and oxygen atoms in total. The topological polar surface area (TPSA) is 87.7 Å². The molecule has 2 amide bonds. The molecule has 218 valence electrons. The molecule has 42 heavy (non-hydrogen) atoms. The van der Waals surface area contributed by atoms with Gasteiger partial charge in [0, 0.05) is 35.1 Å². The average molecular weight is 620 g/mol. The van der Waals surface area contributed by atoms with Crippen LogP contribution in [0.4, 0.5) is 10.7 Å². The van der Waals surface area contributed by atoms with Gasteiger partial charge in [-0.2, -0.15) is 0 Å². The second-order valence-corrected chi connectivity index (χ2v) is 13.2. The van der Waals surface area contributed by atoms with Crippen molar-refractivity contribution in [3.05, 3.63) is 98.6 Å². The predicted octanol–water partition coefficient (Wildman–Crippen LogP) is 7.31. The Balaban J connectivity index is 1.30. The van der Waals surface area contributed by atoms with Crippen molar-refractivity contribution in [1.82, 2.24) is 4.90 Å². The average Bonchev–Trinajstić information content (AvgIpc) is 3.65. The number of esters is 1. The number of fused-ring (bicyclic) bond motifs is 1. The first-order valence-corrected chi connectivity index (χ1v) is 16.5. The Kier molecular flexibility index (Phi) is 10.1. The Morgan fingerprint density at radius 3 is 2.60 bits per heavy atom. The summed E-state index contributed by atoms with van der Waals surface area (Å²) in [5.41, 5.74) is 3.38. The van der Waals surface area contributed by atoms with Gasteiger partial charge in [0.1, 0.15) is 5.00 Å². The molecule has 1 unspecified atom stereocenters. The Bertz CT molecular complexity index is 1540. The number of carbonyl (C=O) groups is 3. The minimum atomic E-state index is -0.392. The van der Waals surface area contributed by atoms with E-state index in [0.717, 1.165) is 34.8 Å². The van der Waals surface area contributed by atoms with Crippen LogP contribution in [0.3, 0.4) is 0 Å². The third-order valence-corrected chi connectivity index (χ3v) is 10.2. The number of carbonyl (C=O) groups excluding carboxylic acids is 3. The highest BCUT2D eigenvalue weighted by Gasteiger charge is 2.31. The van der Waals surface area contributed by atoms with E-state index in [0.29, 0.717) is 34.1 Å². The highest BCUT2D eigenvalue weighted by Crippen LogP contribution is 2.39. The van der Waals surface area contributed by atoms with Gasteiger partial charge in [0.15, 0.2) is 0 Å². The molecule has 3 heterocycles. The zero-order valence-electron chi connectivity index (χ0n) is 23.6. The van der Waals surface area contributed by atoms with E-state index in [1.54, 1.807) is 13.0 Å². The fraction of sp³-hybridized carbons (Fsp3) is 0.281. The van der Waals surface area contributed by atoms with Crippen molar-refractivity contribution in [1.29, 1.82) is 0 Å². The van der Waals surface area contributed by atoms with Crippen LogP contribution in [0.1, 0.15) is 56.3 Å². The molecular formula is C32H33N3O4S3. The SMILES string of the molecule is CCOC(=O)c1c(NC(=O)C(CC)Sc2cccc(NC(=O)c3cccs3)c2)sc2c1CCN(Cc1ccccc1)C2. The lowest BCUT2D eigenvalue weighted by Gasteiger charge is -2.27. The number of hydrogen-bond acceptors (Lipinski definition) is 8. The monoisotopic (exact) mass is 619 g/mol. The van der Waals surface area contributed by atoms with Gasteiger partial charge < -0.3 is 15.4 Å². The summed E-state index contributed by atoms with van der Waals surface area (Å²) in [6.07, 6.45) is 1.31. The maximum absolute atomic E-state index is 13.6. The smallest absolute Gasteiger partial charge is 0.341 e. The number of anilines is 2. The van der Waals surface area contributed by atoms with Crippen molar-refractivity contribution in [2.45, 2.75) is 49.9 Å². The number of thioether (sulfide) groups is 1. The summed E-state index contributed by atoms with van der Waals surface area (Å²) < 4.78 is 5.42. The fourth-order valence-corrected chi connectivity index (χ4v) is 7.78. The van der Waals surface area contributed by atoms with Crippen LogP contribution in [0.25, 0.3) is 0 Å². The van der Waals surface area contributed by atoms with Crippen molar-refractivity contribution in [2.75, 3.05) is 23.8 Å². The number of nitrogens with one attached hydrogen (secondary N) is 2. The third-order valence-electron chi connectivity index (χ3n) is 6.88. The number of ether oxygens (including phenoxy) is 1. The van der Waals surface area contributed by atoms with Crippen molar-refractivity contribution in [3.63, 3.8) is 0 Å². The Morgan fingerprint density at radius 1 is 1.02 bits per heavy atom.